The maximum absolute atomic E-state index is 12.4. The van der Waals surface area contributed by atoms with Crippen LogP contribution in [0.15, 0.2) is 5.16 Å². The summed E-state index contributed by atoms with van der Waals surface area (Å²) in [6, 6.07) is 0.288. The quantitative estimate of drug-likeness (QED) is 0.317. The SMILES string of the molecule is CC1CCCN1C(=O)C1(C(N)=NO)CCC1. The van der Waals surface area contributed by atoms with E-state index >= 15 is 0 Å². The zero-order chi connectivity index (χ0) is 11.8. The van der Waals surface area contributed by atoms with Crippen LogP contribution in [0.1, 0.15) is 39.0 Å². The van der Waals surface area contributed by atoms with Gasteiger partial charge in [-0.25, -0.2) is 0 Å². The summed E-state index contributed by atoms with van der Waals surface area (Å²) in [6.45, 7) is 2.87. The van der Waals surface area contributed by atoms with E-state index in [0.29, 0.717) is 12.8 Å². The molecular formula is C11H19N3O2. The Morgan fingerprint density at radius 1 is 1.50 bits per heavy atom. The predicted molar refractivity (Wildman–Crippen MR) is 60.1 cm³/mol. The van der Waals surface area contributed by atoms with Crippen molar-refractivity contribution in [2.75, 3.05) is 6.54 Å². The van der Waals surface area contributed by atoms with Crippen LogP contribution in [0.2, 0.25) is 0 Å². The summed E-state index contributed by atoms with van der Waals surface area (Å²) in [5, 5.41) is 11.8. The van der Waals surface area contributed by atoms with Gasteiger partial charge in [0.2, 0.25) is 5.91 Å². The number of nitrogens with two attached hydrogens (primary N) is 1. The van der Waals surface area contributed by atoms with Crippen molar-refractivity contribution in [3.8, 4) is 0 Å². The van der Waals surface area contributed by atoms with E-state index in [1.165, 1.54) is 0 Å². The van der Waals surface area contributed by atoms with Gasteiger partial charge in [0.05, 0.1) is 0 Å². The molecule has 1 aliphatic heterocycles. The Bertz CT molecular complexity index is 323. The summed E-state index contributed by atoms with van der Waals surface area (Å²) in [6.07, 6.45) is 4.51. The molecule has 0 spiro atoms. The van der Waals surface area contributed by atoms with Crippen LogP contribution in [0.4, 0.5) is 0 Å². The monoisotopic (exact) mass is 225 g/mol. The molecule has 1 saturated carbocycles. The second-order valence-electron chi connectivity index (χ2n) is 4.91. The third kappa shape index (κ3) is 1.45. The molecule has 2 fully saturated rings. The van der Waals surface area contributed by atoms with Crippen molar-refractivity contribution in [3.63, 3.8) is 0 Å². The van der Waals surface area contributed by atoms with Gasteiger partial charge in [-0.05, 0) is 32.6 Å². The Morgan fingerprint density at radius 3 is 2.56 bits per heavy atom. The molecule has 1 atom stereocenters. The molecule has 0 bridgehead atoms. The maximum atomic E-state index is 12.4. The molecule has 5 heteroatoms. The topological polar surface area (TPSA) is 78.9 Å². The largest absolute Gasteiger partial charge is 0.409 e. The Balaban J connectivity index is 2.19. The zero-order valence-electron chi connectivity index (χ0n) is 9.65. The van der Waals surface area contributed by atoms with Crippen LogP contribution < -0.4 is 5.73 Å². The first-order valence-electron chi connectivity index (χ1n) is 5.91. The number of carbonyl (C=O) groups excluding carboxylic acids is 1. The van der Waals surface area contributed by atoms with Gasteiger partial charge in [-0.1, -0.05) is 11.6 Å². The number of likely N-dealkylation sites (tertiary alicyclic amines) is 1. The van der Waals surface area contributed by atoms with E-state index < -0.39 is 5.41 Å². The molecule has 0 aromatic rings. The lowest BCUT2D eigenvalue weighted by atomic mass is 9.66. The number of hydrogen-bond donors (Lipinski definition) is 2. The van der Waals surface area contributed by atoms with Crippen molar-refractivity contribution < 1.29 is 10.0 Å². The van der Waals surface area contributed by atoms with E-state index in [2.05, 4.69) is 12.1 Å². The minimum atomic E-state index is -0.701. The highest BCUT2D eigenvalue weighted by atomic mass is 16.4. The molecule has 90 valence electrons. The molecular weight excluding hydrogens is 206 g/mol. The lowest BCUT2D eigenvalue weighted by Gasteiger charge is -2.42. The van der Waals surface area contributed by atoms with Crippen LogP contribution >= 0.6 is 0 Å². The fourth-order valence-corrected chi connectivity index (χ4v) is 2.72. The van der Waals surface area contributed by atoms with Crippen molar-refractivity contribution in [3.05, 3.63) is 0 Å². The van der Waals surface area contributed by atoms with Crippen LogP contribution in [0, 0.1) is 5.41 Å². The number of rotatable bonds is 2. The summed E-state index contributed by atoms with van der Waals surface area (Å²) in [4.78, 5) is 14.3. The number of hydrogen-bond acceptors (Lipinski definition) is 3. The van der Waals surface area contributed by atoms with Gasteiger partial charge in [0.1, 0.15) is 5.41 Å². The summed E-state index contributed by atoms with van der Waals surface area (Å²) < 4.78 is 0. The minimum Gasteiger partial charge on any atom is -0.409 e. The number of amides is 1. The van der Waals surface area contributed by atoms with Gasteiger partial charge in [0.15, 0.2) is 5.84 Å². The second-order valence-corrected chi connectivity index (χ2v) is 4.91. The third-order valence-corrected chi connectivity index (χ3v) is 4.03. The van der Waals surface area contributed by atoms with Crippen molar-refractivity contribution in [1.29, 1.82) is 0 Å². The Hall–Kier alpha value is -1.26. The highest BCUT2D eigenvalue weighted by Crippen LogP contribution is 2.43. The summed E-state index contributed by atoms with van der Waals surface area (Å²) in [5.74, 6) is 0.141. The lowest BCUT2D eigenvalue weighted by molar-refractivity contribution is -0.142. The second kappa shape index (κ2) is 3.96. The zero-order valence-corrected chi connectivity index (χ0v) is 9.65. The van der Waals surface area contributed by atoms with Gasteiger partial charge in [-0.15, -0.1) is 0 Å². The molecule has 2 rings (SSSR count). The predicted octanol–water partition coefficient (Wildman–Crippen LogP) is 0.914. The average Bonchev–Trinajstić information content (AvgIpc) is 2.62. The van der Waals surface area contributed by atoms with Gasteiger partial charge in [-0.2, -0.15) is 0 Å². The van der Waals surface area contributed by atoms with Crippen molar-refractivity contribution >= 4 is 11.7 Å². The van der Waals surface area contributed by atoms with E-state index in [4.69, 9.17) is 10.9 Å². The normalized spacial score (nSPS) is 28.9. The molecule has 1 aliphatic carbocycles. The van der Waals surface area contributed by atoms with E-state index in [1.54, 1.807) is 0 Å². The van der Waals surface area contributed by atoms with E-state index in [9.17, 15) is 4.79 Å². The van der Waals surface area contributed by atoms with E-state index in [-0.39, 0.29) is 17.8 Å². The molecule has 16 heavy (non-hydrogen) atoms. The number of amidine groups is 1. The number of nitrogens with zero attached hydrogens (tertiary/aromatic N) is 2. The first-order valence-corrected chi connectivity index (χ1v) is 5.91. The number of carbonyl (C=O) groups is 1. The first kappa shape index (κ1) is 11.2. The summed E-state index contributed by atoms with van der Waals surface area (Å²) in [5.41, 5.74) is 4.98. The molecule has 1 unspecified atom stereocenters. The molecule has 2 aliphatic rings. The highest BCUT2D eigenvalue weighted by molar-refractivity contribution is 6.07. The molecule has 3 N–H and O–H groups in total. The Kier molecular flexibility index (Phi) is 2.78. The lowest BCUT2D eigenvalue weighted by Crippen LogP contribution is -2.55. The van der Waals surface area contributed by atoms with Crippen molar-refractivity contribution in [1.82, 2.24) is 4.90 Å². The van der Waals surface area contributed by atoms with Crippen LogP contribution in [0.25, 0.3) is 0 Å². The fraction of sp³-hybridized carbons (Fsp3) is 0.818. The molecule has 1 heterocycles. The van der Waals surface area contributed by atoms with E-state index in [1.807, 2.05) is 4.90 Å². The molecule has 1 amide bonds. The number of oxime groups is 1. The Labute approximate surface area is 95.3 Å². The van der Waals surface area contributed by atoms with Crippen LogP contribution in [0.5, 0.6) is 0 Å². The van der Waals surface area contributed by atoms with Crippen molar-refractivity contribution in [2.45, 2.75) is 45.1 Å². The van der Waals surface area contributed by atoms with Gasteiger partial charge in [0, 0.05) is 12.6 Å². The van der Waals surface area contributed by atoms with E-state index in [0.717, 1.165) is 25.8 Å². The van der Waals surface area contributed by atoms with Crippen molar-refractivity contribution in [2.24, 2.45) is 16.3 Å². The molecule has 0 radical (unpaired) electrons. The van der Waals surface area contributed by atoms with Crippen LogP contribution in [0.3, 0.4) is 0 Å². The molecule has 0 aromatic heterocycles. The summed E-state index contributed by atoms with van der Waals surface area (Å²) in [7, 11) is 0. The van der Waals surface area contributed by atoms with Gasteiger partial charge in [-0.3, -0.25) is 4.79 Å². The van der Waals surface area contributed by atoms with Gasteiger partial charge in [0.25, 0.3) is 0 Å². The van der Waals surface area contributed by atoms with Crippen LogP contribution in [-0.4, -0.2) is 34.4 Å². The first-order chi connectivity index (χ1) is 7.62. The molecule has 0 aromatic carbocycles. The fourth-order valence-electron chi connectivity index (χ4n) is 2.72. The highest BCUT2D eigenvalue weighted by Gasteiger charge is 2.51. The maximum Gasteiger partial charge on any atom is 0.236 e. The average molecular weight is 225 g/mol. The Morgan fingerprint density at radius 2 is 2.19 bits per heavy atom. The smallest absolute Gasteiger partial charge is 0.236 e. The minimum absolute atomic E-state index is 0.0547. The third-order valence-electron chi connectivity index (χ3n) is 4.03. The molecule has 5 nitrogen and oxygen atoms in total. The van der Waals surface area contributed by atoms with Crippen LogP contribution in [-0.2, 0) is 4.79 Å². The molecule has 1 saturated heterocycles. The summed E-state index contributed by atoms with van der Waals surface area (Å²) >= 11 is 0. The van der Waals surface area contributed by atoms with Gasteiger partial charge >= 0.3 is 0 Å². The standard InChI is InChI=1S/C11H19N3O2/c1-8-4-2-7-14(8)10(15)11(5-3-6-11)9(12)13-16/h8,16H,2-7H2,1H3,(H2,12,13). The van der Waals surface area contributed by atoms with Gasteiger partial charge < -0.3 is 15.8 Å².